The Hall–Kier alpha value is -2.45. The molecule has 8 heteroatoms. The summed E-state index contributed by atoms with van der Waals surface area (Å²) in [4.78, 5) is 39.5. The van der Waals surface area contributed by atoms with Gasteiger partial charge in [-0.15, -0.1) is 0 Å². The van der Waals surface area contributed by atoms with E-state index in [2.05, 4.69) is 17.6 Å². The van der Waals surface area contributed by atoms with Gasteiger partial charge in [-0.3, -0.25) is 14.4 Å². The van der Waals surface area contributed by atoms with E-state index in [9.17, 15) is 19.5 Å². The largest absolute Gasteiger partial charge is 0.391 e. The second-order valence-corrected chi connectivity index (χ2v) is 11.0. The molecule has 1 aliphatic rings. The number of rotatable bonds is 13. The van der Waals surface area contributed by atoms with Crippen molar-refractivity contribution in [2.75, 3.05) is 18.0 Å². The zero-order valence-electron chi connectivity index (χ0n) is 22.7. The fourth-order valence-corrected chi connectivity index (χ4v) is 4.82. The molecular weight excluding hydrogens is 456 g/mol. The molecule has 1 heterocycles. The van der Waals surface area contributed by atoms with E-state index >= 15 is 0 Å². The third kappa shape index (κ3) is 8.89. The van der Waals surface area contributed by atoms with Gasteiger partial charge < -0.3 is 26.4 Å². The maximum absolute atomic E-state index is 13.5. The number of carbonyl (C=O) groups is 3. The molecule has 36 heavy (non-hydrogen) atoms. The van der Waals surface area contributed by atoms with Gasteiger partial charge in [0.25, 0.3) is 0 Å². The number of aliphatic hydroxyl groups excluding tert-OH is 1. The lowest BCUT2D eigenvalue weighted by Gasteiger charge is -2.37. The van der Waals surface area contributed by atoms with Gasteiger partial charge in [-0.2, -0.15) is 0 Å². The molecule has 1 aromatic rings. The monoisotopic (exact) mass is 502 g/mol. The molecule has 0 radical (unpaired) electrons. The number of amides is 3. The highest BCUT2D eigenvalue weighted by Crippen LogP contribution is 2.33. The van der Waals surface area contributed by atoms with Crippen LogP contribution in [0.1, 0.15) is 78.7 Å². The molecule has 2 rings (SSSR count). The molecule has 4 atom stereocenters. The predicted molar refractivity (Wildman–Crippen MR) is 143 cm³/mol. The Labute approximate surface area is 216 Å². The first-order valence-corrected chi connectivity index (χ1v) is 13.4. The van der Waals surface area contributed by atoms with Gasteiger partial charge in [0.1, 0.15) is 0 Å². The first kappa shape index (κ1) is 29.8. The number of unbranched alkanes of at least 4 members (excludes halogenated alkanes) is 1. The highest BCUT2D eigenvalue weighted by Gasteiger charge is 2.34. The van der Waals surface area contributed by atoms with Crippen molar-refractivity contribution in [3.63, 3.8) is 0 Å². The molecule has 5 N–H and O–H groups in total. The minimum Gasteiger partial charge on any atom is -0.391 e. The van der Waals surface area contributed by atoms with Crippen LogP contribution in [0, 0.1) is 11.3 Å². The van der Waals surface area contributed by atoms with Crippen LogP contribution in [-0.2, 0) is 20.8 Å². The van der Waals surface area contributed by atoms with E-state index in [1.54, 1.807) is 11.8 Å². The lowest BCUT2D eigenvalue weighted by molar-refractivity contribution is -0.125. The molecule has 0 unspecified atom stereocenters. The topological polar surface area (TPSA) is 125 Å². The number of fused-ring (bicyclic) bond motifs is 1. The van der Waals surface area contributed by atoms with E-state index in [1.165, 1.54) is 0 Å². The standard InChI is InChI=1S/C28H46N4O4/c1-6-8-13-30-27(36)19(3)14-24(33)22(29)16-28(4,5)17-26(35)32-18-21(31-25(34)7-2)15-20-11-9-10-12-23(20)32/h9-12,19,21-22,24,33H,6-8,13-18,29H2,1-5H3,(H,30,36)(H,31,34)/t19-,21-,22+,24+/m1/s1. The van der Waals surface area contributed by atoms with E-state index in [4.69, 9.17) is 5.73 Å². The van der Waals surface area contributed by atoms with Crippen molar-refractivity contribution in [3.05, 3.63) is 29.8 Å². The lowest BCUT2D eigenvalue weighted by atomic mass is 9.79. The van der Waals surface area contributed by atoms with E-state index in [0.717, 1.165) is 24.1 Å². The molecular formula is C28H46N4O4. The van der Waals surface area contributed by atoms with Crippen LogP contribution in [0.15, 0.2) is 24.3 Å². The molecule has 0 saturated heterocycles. The van der Waals surface area contributed by atoms with Crippen LogP contribution in [0.2, 0.25) is 0 Å². The average Bonchev–Trinajstić information content (AvgIpc) is 2.82. The van der Waals surface area contributed by atoms with Gasteiger partial charge in [-0.1, -0.05) is 59.2 Å². The number of nitrogens with two attached hydrogens (primary N) is 1. The summed E-state index contributed by atoms with van der Waals surface area (Å²) in [5.74, 6) is -0.473. The zero-order chi connectivity index (χ0) is 26.9. The second kappa shape index (κ2) is 13.7. The van der Waals surface area contributed by atoms with Gasteiger partial charge in [0.15, 0.2) is 0 Å². The molecule has 0 saturated carbocycles. The van der Waals surface area contributed by atoms with Crippen molar-refractivity contribution in [3.8, 4) is 0 Å². The number of anilines is 1. The third-order valence-electron chi connectivity index (χ3n) is 6.92. The predicted octanol–water partition coefficient (Wildman–Crippen LogP) is 2.91. The Bertz CT molecular complexity index is 888. The van der Waals surface area contributed by atoms with Crippen molar-refractivity contribution in [1.29, 1.82) is 0 Å². The van der Waals surface area contributed by atoms with Gasteiger partial charge >= 0.3 is 0 Å². The summed E-state index contributed by atoms with van der Waals surface area (Å²) in [6.07, 6.45) is 3.16. The number of aliphatic hydroxyl groups is 1. The van der Waals surface area contributed by atoms with Crippen molar-refractivity contribution < 1.29 is 19.5 Å². The Morgan fingerprint density at radius 1 is 1.22 bits per heavy atom. The summed E-state index contributed by atoms with van der Waals surface area (Å²) >= 11 is 0. The van der Waals surface area contributed by atoms with Crippen LogP contribution in [0.3, 0.4) is 0 Å². The second-order valence-electron chi connectivity index (χ2n) is 11.0. The lowest BCUT2D eigenvalue weighted by Crippen LogP contribution is -2.51. The van der Waals surface area contributed by atoms with Crippen LogP contribution < -0.4 is 21.3 Å². The van der Waals surface area contributed by atoms with Crippen LogP contribution in [0.25, 0.3) is 0 Å². The van der Waals surface area contributed by atoms with Crippen molar-refractivity contribution in [2.45, 2.75) is 97.8 Å². The van der Waals surface area contributed by atoms with Gasteiger partial charge in [-0.05, 0) is 42.7 Å². The molecule has 1 aliphatic heterocycles. The number of carbonyl (C=O) groups excluding carboxylic acids is 3. The van der Waals surface area contributed by atoms with Gasteiger partial charge in [0.2, 0.25) is 17.7 Å². The Morgan fingerprint density at radius 2 is 1.92 bits per heavy atom. The van der Waals surface area contributed by atoms with Crippen LogP contribution in [-0.4, -0.2) is 54.1 Å². The minimum atomic E-state index is -0.837. The molecule has 0 aliphatic carbocycles. The van der Waals surface area contributed by atoms with Crippen molar-refractivity contribution >= 4 is 23.4 Å². The number of nitrogens with zero attached hydrogens (tertiary/aromatic N) is 1. The maximum Gasteiger partial charge on any atom is 0.227 e. The fraction of sp³-hybridized carbons (Fsp3) is 0.679. The van der Waals surface area contributed by atoms with Crippen LogP contribution >= 0.6 is 0 Å². The molecule has 3 amide bonds. The molecule has 8 nitrogen and oxygen atoms in total. The first-order valence-electron chi connectivity index (χ1n) is 13.4. The fourth-order valence-electron chi connectivity index (χ4n) is 4.82. The van der Waals surface area contributed by atoms with Crippen LogP contribution in [0.4, 0.5) is 5.69 Å². The summed E-state index contributed by atoms with van der Waals surface area (Å²) in [5, 5.41) is 16.6. The van der Waals surface area contributed by atoms with Gasteiger partial charge in [-0.25, -0.2) is 0 Å². The highest BCUT2D eigenvalue weighted by molar-refractivity contribution is 5.95. The molecule has 0 spiro atoms. The molecule has 0 aromatic heterocycles. The molecule has 202 valence electrons. The number of benzene rings is 1. The molecule has 0 fully saturated rings. The van der Waals surface area contributed by atoms with Crippen LogP contribution in [0.5, 0.6) is 0 Å². The Balaban J connectivity index is 1.99. The normalized spacial score (nSPS) is 18.1. The Morgan fingerprint density at radius 3 is 2.58 bits per heavy atom. The van der Waals surface area contributed by atoms with Crippen molar-refractivity contribution in [1.82, 2.24) is 10.6 Å². The van der Waals surface area contributed by atoms with Gasteiger partial charge in [0, 0.05) is 43.6 Å². The number of para-hydroxylation sites is 1. The first-order chi connectivity index (χ1) is 17.0. The number of hydrogen-bond acceptors (Lipinski definition) is 5. The number of hydrogen-bond donors (Lipinski definition) is 4. The number of nitrogens with one attached hydrogen (secondary N) is 2. The summed E-state index contributed by atoms with van der Waals surface area (Å²) in [7, 11) is 0. The molecule has 0 bridgehead atoms. The van der Waals surface area contributed by atoms with E-state index in [1.807, 2.05) is 45.0 Å². The van der Waals surface area contributed by atoms with E-state index in [0.29, 0.717) is 32.4 Å². The average molecular weight is 503 g/mol. The maximum atomic E-state index is 13.5. The van der Waals surface area contributed by atoms with Gasteiger partial charge in [0.05, 0.1) is 12.1 Å². The highest BCUT2D eigenvalue weighted by atomic mass is 16.3. The third-order valence-corrected chi connectivity index (χ3v) is 6.92. The summed E-state index contributed by atoms with van der Waals surface area (Å²) in [6.45, 7) is 10.7. The van der Waals surface area contributed by atoms with E-state index in [-0.39, 0.29) is 42.5 Å². The zero-order valence-corrected chi connectivity index (χ0v) is 22.7. The summed E-state index contributed by atoms with van der Waals surface area (Å²) in [6, 6.07) is 7.12. The summed E-state index contributed by atoms with van der Waals surface area (Å²) in [5.41, 5.74) is 7.80. The molecule has 1 aromatic carbocycles. The summed E-state index contributed by atoms with van der Waals surface area (Å²) < 4.78 is 0. The smallest absolute Gasteiger partial charge is 0.227 e. The van der Waals surface area contributed by atoms with Crippen molar-refractivity contribution in [2.24, 2.45) is 17.1 Å². The minimum absolute atomic E-state index is 0.0275. The SMILES string of the molecule is CCCCNC(=O)[C@H](C)C[C@H](O)[C@@H](N)CC(C)(C)CC(=O)N1C[C@H](NC(=O)CC)Cc2ccccc21. The Kier molecular flexibility index (Phi) is 11.4. The van der Waals surface area contributed by atoms with E-state index < -0.39 is 17.6 Å². The quantitative estimate of drug-likeness (QED) is 0.309.